The number of ether oxygens (including phenoxy) is 1. The molecule has 1 atom stereocenters. The minimum absolute atomic E-state index is 0.105. The second-order valence-corrected chi connectivity index (χ2v) is 5.33. The van der Waals surface area contributed by atoms with E-state index in [9.17, 15) is 4.79 Å². The Bertz CT molecular complexity index is 665. The lowest BCUT2D eigenvalue weighted by atomic mass is 10.1. The van der Waals surface area contributed by atoms with Gasteiger partial charge >= 0.3 is 0 Å². The normalized spacial score (nSPS) is 12.1. The third-order valence-corrected chi connectivity index (χ3v) is 3.49. The van der Waals surface area contributed by atoms with E-state index in [1.54, 1.807) is 13.2 Å². The van der Waals surface area contributed by atoms with E-state index in [0.717, 1.165) is 16.9 Å². The van der Waals surface area contributed by atoms with E-state index in [0.29, 0.717) is 5.02 Å². The third-order valence-electron chi connectivity index (χ3n) is 3.25. The SMILES string of the molecule is COc1ccc(/C=C/C(=O)N[C@H](C)c2cccc(Cl)c2)cc1. The first-order chi connectivity index (χ1) is 10.6. The highest BCUT2D eigenvalue weighted by atomic mass is 35.5. The van der Waals surface area contributed by atoms with E-state index in [-0.39, 0.29) is 11.9 Å². The molecule has 0 bridgehead atoms. The first-order valence-electron chi connectivity index (χ1n) is 6.96. The molecule has 2 aromatic rings. The van der Waals surface area contributed by atoms with E-state index in [2.05, 4.69) is 5.32 Å². The Morgan fingerprint density at radius 1 is 1.23 bits per heavy atom. The smallest absolute Gasteiger partial charge is 0.244 e. The fourth-order valence-electron chi connectivity index (χ4n) is 2.01. The lowest BCUT2D eigenvalue weighted by Gasteiger charge is -2.13. The van der Waals surface area contributed by atoms with E-state index >= 15 is 0 Å². The maximum atomic E-state index is 12.0. The largest absolute Gasteiger partial charge is 0.497 e. The van der Waals surface area contributed by atoms with Gasteiger partial charge in [0, 0.05) is 11.1 Å². The minimum atomic E-state index is -0.150. The van der Waals surface area contributed by atoms with Crippen LogP contribution in [0.1, 0.15) is 24.1 Å². The van der Waals surface area contributed by atoms with Crippen molar-refractivity contribution < 1.29 is 9.53 Å². The fourth-order valence-corrected chi connectivity index (χ4v) is 2.21. The van der Waals surface area contributed by atoms with Crippen molar-refractivity contribution in [3.63, 3.8) is 0 Å². The molecule has 114 valence electrons. The van der Waals surface area contributed by atoms with E-state index in [4.69, 9.17) is 16.3 Å². The molecular formula is C18H18ClNO2. The summed E-state index contributed by atoms with van der Waals surface area (Å²) in [6.45, 7) is 1.92. The van der Waals surface area contributed by atoms with Gasteiger partial charge in [0.2, 0.25) is 5.91 Å². The van der Waals surface area contributed by atoms with Gasteiger partial charge in [-0.2, -0.15) is 0 Å². The molecule has 0 heterocycles. The quantitative estimate of drug-likeness (QED) is 0.838. The molecule has 0 aliphatic rings. The van der Waals surface area contributed by atoms with Crippen LogP contribution in [0.15, 0.2) is 54.6 Å². The third kappa shape index (κ3) is 4.64. The zero-order valence-electron chi connectivity index (χ0n) is 12.5. The summed E-state index contributed by atoms with van der Waals surface area (Å²) >= 11 is 5.95. The van der Waals surface area contributed by atoms with Crippen LogP contribution in [0.25, 0.3) is 6.08 Å². The van der Waals surface area contributed by atoms with Gasteiger partial charge in [-0.05, 0) is 48.4 Å². The van der Waals surface area contributed by atoms with Crippen molar-refractivity contribution in [3.8, 4) is 5.75 Å². The average molecular weight is 316 g/mol. The van der Waals surface area contributed by atoms with Crippen molar-refractivity contribution in [1.82, 2.24) is 5.32 Å². The highest BCUT2D eigenvalue weighted by molar-refractivity contribution is 6.30. The first kappa shape index (κ1) is 16.1. The van der Waals surface area contributed by atoms with Gasteiger partial charge in [0.1, 0.15) is 5.75 Å². The molecule has 0 spiro atoms. The molecule has 0 aliphatic carbocycles. The first-order valence-corrected chi connectivity index (χ1v) is 7.34. The lowest BCUT2D eigenvalue weighted by molar-refractivity contribution is -0.117. The molecule has 0 saturated heterocycles. The summed E-state index contributed by atoms with van der Waals surface area (Å²) in [5, 5.41) is 3.57. The van der Waals surface area contributed by atoms with Crippen molar-refractivity contribution in [2.45, 2.75) is 13.0 Å². The number of halogens is 1. The van der Waals surface area contributed by atoms with Gasteiger partial charge < -0.3 is 10.1 Å². The topological polar surface area (TPSA) is 38.3 Å². The van der Waals surface area contributed by atoms with Crippen molar-refractivity contribution in [2.75, 3.05) is 7.11 Å². The number of hydrogen-bond donors (Lipinski definition) is 1. The van der Waals surface area contributed by atoms with Gasteiger partial charge in [-0.25, -0.2) is 0 Å². The monoisotopic (exact) mass is 315 g/mol. The molecule has 1 N–H and O–H groups in total. The van der Waals surface area contributed by atoms with Crippen molar-refractivity contribution in [2.24, 2.45) is 0 Å². The number of carbonyl (C=O) groups is 1. The second kappa shape index (κ2) is 7.66. The van der Waals surface area contributed by atoms with Crippen LogP contribution in [-0.4, -0.2) is 13.0 Å². The van der Waals surface area contributed by atoms with Crippen LogP contribution in [0, 0.1) is 0 Å². The number of rotatable bonds is 5. The van der Waals surface area contributed by atoms with E-state index in [1.807, 2.05) is 55.5 Å². The van der Waals surface area contributed by atoms with Gasteiger partial charge in [-0.1, -0.05) is 35.9 Å². The van der Waals surface area contributed by atoms with Gasteiger partial charge in [-0.15, -0.1) is 0 Å². The predicted octanol–water partition coefficient (Wildman–Crippen LogP) is 4.24. The van der Waals surface area contributed by atoms with E-state index in [1.165, 1.54) is 6.08 Å². The molecule has 0 aromatic heterocycles. The van der Waals surface area contributed by atoms with Crippen LogP contribution in [0.4, 0.5) is 0 Å². The summed E-state index contributed by atoms with van der Waals surface area (Å²) < 4.78 is 5.09. The maximum absolute atomic E-state index is 12.0. The summed E-state index contributed by atoms with van der Waals surface area (Å²) in [4.78, 5) is 12.0. The van der Waals surface area contributed by atoms with Gasteiger partial charge in [0.05, 0.1) is 13.2 Å². The van der Waals surface area contributed by atoms with E-state index < -0.39 is 0 Å². The fraction of sp³-hybridized carbons (Fsp3) is 0.167. The highest BCUT2D eigenvalue weighted by Gasteiger charge is 2.07. The van der Waals surface area contributed by atoms with Crippen LogP contribution in [-0.2, 0) is 4.79 Å². The Hall–Kier alpha value is -2.26. The Labute approximate surface area is 135 Å². The van der Waals surface area contributed by atoms with Gasteiger partial charge in [0.15, 0.2) is 0 Å². The maximum Gasteiger partial charge on any atom is 0.244 e. The lowest BCUT2D eigenvalue weighted by Crippen LogP contribution is -2.24. The molecule has 0 fully saturated rings. The Morgan fingerprint density at radius 2 is 1.95 bits per heavy atom. The molecule has 3 nitrogen and oxygen atoms in total. The molecule has 0 radical (unpaired) electrons. The standard InChI is InChI=1S/C18H18ClNO2/c1-13(15-4-3-5-16(19)12-15)20-18(21)11-8-14-6-9-17(22-2)10-7-14/h3-13H,1-2H3,(H,20,21)/b11-8+/t13-/m1/s1. The van der Waals surface area contributed by atoms with Crippen molar-refractivity contribution in [1.29, 1.82) is 0 Å². The molecule has 22 heavy (non-hydrogen) atoms. The highest BCUT2D eigenvalue weighted by Crippen LogP contribution is 2.17. The van der Waals surface area contributed by atoms with Crippen molar-refractivity contribution in [3.05, 3.63) is 70.8 Å². The molecule has 1 amide bonds. The number of amides is 1. The minimum Gasteiger partial charge on any atom is -0.497 e. The van der Waals surface area contributed by atoms with Crippen LogP contribution in [0.5, 0.6) is 5.75 Å². The zero-order chi connectivity index (χ0) is 15.9. The molecule has 2 rings (SSSR count). The number of carbonyl (C=O) groups excluding carboxylic acids is 1. The number of benzene rings is 2. The number of nitrogens with one attached hydrogen (secondary N) is 1. The van der Waals surface area contributed by atoms with Crippen LogP contribution < -0.4 is 10.1 Å². The molecule has 4 heteroatoms. The Kier molecular flexibility index (Phi) is 5.61. The van der Waals surface area contributed by atoms with Crippen molar-refractivity contribution >= 4 is 23.6 Å². The molecule has 0 unspecified atom stereocenters. The second-order valence-electron chi connectivity index (χ2n) is 4.89. The molecular weight excluding hydrogens is 298 g/mol. The molecule has 0 saturated carbocycles. The summed E-state index contributed by atoms with van der Waals surface area (Å²) in [5.74, 6) is 0.638. The predicted molar refractivity (Wildman–Crippen MR) is 90.0 cm³/mol. The van der Waals surface area contributed by atoms with Crippen LogP contribution in [0.3, 0.4) is 0 Å². The number of hydrogen-bond acceptors (Lipinski definition) is 2. The summed E-state index contributed by atoms with van der Waals surface area (Å²) in [5.41, 5.74) is 1.91. The molecule has 2 aromatic carbocycles. The van der Waals surface area contributed by atoms with Gasteiger partial charge in [-0.3, -0.25) is 4.79 Å². The Morgan fingerprint density at radius 3 is 2.59 bits per heavy atom. The van der Waals surface area contributed by atoms with Crippen LogP contribution >= 0.6 is 11.6 Å². The summed E-state index contributed by atoms with van der Waals surface area (Å²) in [6.07, 6.45) is 3.28. The zero-order valence-corrected chi connectivity index (χ0v) is 13.3. The van der Waals surface area contributed by atoms with Crippen LogP contribution in [0.2, 0.25) is 5.02 Å². The summed E-state index contributed by atoms with van der Waals surface area (Å²) in [6, 6.07) is 14.8. The summed E-state index contributed by atoms with van der Waals surface area (Å²) in [7, 11) is 1.62. The average Bonchev–Trinajstić information content (AvgIpc) is 2.53. The molecule has 0 aliphatic heterocycles. The number of methoxy groups -OCH3 is 1. The van der Waals surface area contributed by atoms with Gasteiger partial charge in [0.25, 0.3) is 0 Å². The Balaban J connectivity index is 1.95.